The van der Waals surface area contributed by atoms with Gasteiger partial charge < -0.3 is 10.0 Å². The van der Waals surface area contributed by atoms with Crippen LogP contribution in [0.25, 0.3) is 0 Å². The van der Waals surface area contributed by atoms with Gasteiger partial charge >= 0.3 is 0 Å². The van der Waals surface area contributed by atoms with Gasteiger partial charge in [-0.05, 0) is 39.0 Å². The summed E-state index contributed by atoms with van der Waals surface area (Å²) in [6.45, 7) is 5.05. The fourth-order valence-electron chi connectivity index (χ4n) is 2.35. The summed E-state index contributed by atoms with van der Waals surface area (Å²) in [5, 5.41) is 8.83. The average molecular weight is 225 g/mol. The zero-order valence-corrected chi connectivity index (χ0v) is 10.4. The second kappa shape index (κ2) is 6.69. The molecule has 1 aliphatic heterocycles. The largest absolute Gasteiger partial charge is 0.396 e. The Morgan fingerprint density at radius 2 is 2.31 bits per heavy atom. The first-order chi connectivity index (χ1) is 7.70. The van der Waals surface area contributed by atoms with E-state index in [1.54, 1.807) is 0 Å². The van der Waals surface area contributed by atoms with Crippen molar-refractivity contribution >= 4 is 5.91 Å². The van der Waals surface area contributed by atoms with Crippen LogP contribution in [-0.2, 0) is 4.79 Å². The first kappa shape index (κ1) is 13.2. The van der Waals surface area contributed by atoms with E-state index >= 15 is 0 Å². The monoisotopic (exact) mass is 225 g/mol. The molecule has 16 heavy (non-hydrogen) atoms. The van der Waals surface area contributed by atoms with E-state index in [-0.39, 0.29) is 12.5 Å². The van der Waals surface area contributed by atoms with Crippen LogP contribution in [0.5, 0.6) is 0 Å². The molecule has 1 unspecified atom stereocenters. The van der Waals surface area contributed by atoms with Crippen LogP contribution in [0.4, 0.5) is 0 Å². The maximum Gasteiger partial charge on any atom is 0.249 e. The fraction of sp³-hybridized carbons (Fsp3) is 0.769. The van der Waals surface area contributed by atoms with Gasteiger partial charge in [-0.1, -0.05) is 13.0 Å². The zero-order chi connectivity index (χ0) is 12.0. The lowest BCUT2D eigenvalue weighted by molar-refractivity contribution is -0.128. The molecule has 0 aromatic carbocycles. The van der Waals surface area contributed by atoms with Crippen LogP contribution in [0.3, 0.4) is 0 Å². The Bertz CT molecular complexity index is 261. The van der Waals surface area contributed by atoms with Crippen molar-refractivity contribution in [1.29, 1.82) is 0 Å². The highest BCUT2D eigenvalue weighted by molar-refractivity contribution is 5.93. The summed E-state index contributed by atoms with van der Waals surface area (Å²) in [6.07, 6.45) is 6.81. The molecule has 92 valence electrons. The molecule has 0 spiro atoms. The van der Waals surface area contributed by atoms with Gasteiger partial charge in [0.1, 0.15) is 0 Å². The van der Waals surface area contributed by atoms with E-state index in [4.69, 9.17) is 5.11 Å². The molecule has 0 aromatic rings. The molecule has 1 aliphatic rings. The summed E-state index contributed by atoms with van der Waals surface area (Å²) >= 11 is 0. The maximum absolute atomic E-state index is 12.1. The van der Waals surface area contributed by atoms with Gasteiger partial charge in [-0.2, -0.15) is 0 Å². The number of carbonyl (C=O) groups is 1. The van der Waals surface area contributed by atoms with E-state index in [9.17, 15) is 4.79 Å². The third-order valence-corrected chi connectivity index (χ3v) is 3.18. The molecular formula is C13H23NO2. The van der Waals surface area contributed by atoms with Gasteiger partial charge in [-0.25, -0.2) is 0 Å². The van der Waals surface area contributed by atoms with E-state index < -0.39 is 0 Å². The summed E-state index contributed by atoms with van der Waals surface area (Å²) in [7, 11) is 0. The van der Waals surface area contributed by atoms with Crippen molar-refractivity contribution in [3.63, 3.8) is 0 Å². The predicted octanol–water partition coefficient (Wildman–Crippen LogP) is 2.11. The summed E-state index contributed by atoms with van der Waals surface area (Å²) < 4.78 is 0. The third kappa shape index (κ3) is 3.34. The summed E-state index contributed by atoms with van der Waals surface area (Å²) in [5.74, 6) is 0.183. The number of hydrogen-bond acceptors (Lipinski definition) is 2. The van der Waals surface area contributed by atoms with Gasteiger partial charge in [0.15, 0.2) is 0 Å². The van der Waals surface area contributed by atoms with Crippen molar-refractivity contribution in [3.05, 3.63) is 11.6 Å². The molecule has 0 bridgehead atoms. The molecule has 0 aliphatic carbocycles. The first-order valence-electron chi connectivity index (χ1n) is 6.29. The molecule has 1 rings (SSSR count). The van der Waals surface area contributed by atoms with Gasteiger partial charge in [0, 0.05) is 24.8 Å². The van der Waals surface area contributed by atoms with Crippen molar-refractivity contribution in [2.75, 3.05) is 13.2 Å². The lowest BCUT2D eigenvalue weighted by atomic mass is 10.1. The highest BCUT2D eigenvalue weighted by atomic mass is 16.3. The molecule has 1 atom stereocenters. The van der Waals surface area contributed by atoms with E-state index in [1.165, 1.54) is 0 Å². The summed E-state index contributed by atoms with van der Waals surface area (Å²) in [4.78, 5) is 14.1. The van der Waals surface area contributed by atoms with Crippen LogP contribution in [-0.4, -0.2) is 35.1 Å². The Labute approximate surface area is 98.1 Å². The van der Waals surface area contributed by atoms with Crippen LogP contribution in [0.15, 0.2) is 11.6 Å². The van der Waals surface area contributed by atoms with Crippen molar-refractivity contribution in [3.8, 4) is 0 Å². The van der Waals surface area contributed by atoms with Gasteiger partial charge in [0.05, 0.1) is 0 Å². The molecule has 1 saturated heterocycles. The molecule has 1 N–H and O–H groups in total. The Hall–Kier alpha value is -0.830. The Morgan fingerprint density at radius 3 is 2.94 bits per heavy atom. The molecule has 1 amide bonds. The molecule has 3 heteroatoms. The predicted molar refractivity (Wildman–Crippen MR) is 65.1 cm³/mol. The second-order valence-corrected chi connectivity index (χ2v) is 4.46. The average Bonchev–Trinajstić information content (AvgIpc) is 2.73. The number of hydrogen-bond donors (Lipinski definition) is 1. The van der Waals surface area contributed by atoms with Crippen molar-refractivity contribution in [2.24, 2.45) is 0 Å². The topological polar surface area (TPSA) is 40.5 Å². The number of likely N-dealkylation sites (tertiary alicyclic amines) is 1. The number of rotatable bonds is 5. The van der Waals surface area contributed by atoms with Crippen LogP contribution < -0.4 is 0 Å². The molecule has 0 saturated carbocycles. The SMILES string of the molecule is CCC=C(C)C(=O)N1CCCC1CCCO. The maximum atomic E-state index is 12.1. The Balaban J connectivity index is 2.57. The lowest BCUT2D eigenvalue weighted by Crippen LogP contribution is -2.36. The number of allylic oxidation sites excluding steroid dienone is 1. The lowest BCUT2D eigenvalue weighted by Gasteiger charge is -2.25. The van der Waals surface area contributed by atoms with Crippen LogP contribution >= 0.6 is 0 Å². The minimum absolute atomic E-state index is 0.183. The van der Waals surface area contributed by atoms with E-state index in [2.05, 4.69) is 0 Å². The van der Waals surface area contributed by atoms with Crippen molar-refractivity contribution in [2.45, 2.75) is 52.0 Å². The fourth-order valence-corrected chi connectivity index (χ4v) is 2.35. The highest BCUT2D eigenvalue weighted by Gasteiger charge is 2.28. The van der Waals surface area contributed by atoms with Crippen LogP contribution in [0.2, 0.25) is 0 Å². The van der Waals surface area contributed by atoms with E-state index in [0.717, 1.165) is 44.2 Å². The number of amides is 1. The van der Waals surface area contributed by atoms with Gasteiger partial charge in [0.2, 0.25) is 5.91 Å². The summed E-state index contributed by atoms with van der Waals surface area (Å²) in [5.41, 5.74) is 0.860. The number of carbonyl (C=O) groups excluding carboxylic acids is 1. The molecule has 0 aromatic heterocycles. The number of aliphatic hydroxyl groups is 1. The van der Waals surface area contributed by atoms with E-state index in [1.807, 2.05) is 24.8 Å². The van der Waals surface area contributed by atoms with Gasteiger partial charge in [-0.15, -0.1) is 0 Å². The molecule has 1 fully saturated rings. The number of aliphatic hydroxyl groups excluding tert-OH is 1. The van der Waals surface area contributed by atoms with Gasteiger partial charge in [0.25, 0.3) is 0 Å². The standard InChI is InChI=1S/C13H23NO2/c1-3-6-11(2)13(16)14-9-4-7-12(14)8-5-10-15/h6,12,15H,3-5,7-10H2,1-2H3. The molecule has 3 nitrogen and oxygen atoms in total. The Kier molecular flexibility index (Phi) is 5.53. The molecule has 0 radical (unpaired) electrons. The molecular weight excluding hydrogens is 202 g/mol. The Morgan fingerprint density at radius 1 is 1.56 bits per heavy atom. The summed E-state index contributed by atoms with van der Waals surface area (Å²) in [6, 6.07) is 0.347. The number of nitrogens with zero attached hydrogens (tertiary/aromatic N) is 1. The smallest absolute Gasteiger partial charge is 0.249 e. The quantitative estimate of drug-likeness (QED) is 0.728. The highest BCUT2D eigenvalue weighted by Crippen LogP contribution is 2.23. The van der Waals surface area contributed by atoms with Crippen LogP contribution in [0.1, 0.15) is 46.0 Å². The third-order valence-electron chi connectivity index (χ3n) is 3.18. The van der Waals surface area contributed by atoms with Crippen LogP contribution in [0, 0.1) is 0 Å². The van der Waals surface area contributed by atoms with Crippen molar-refractivity contribution < 1.29 is 9.90 Å². The zero-order valence-electron chi connectivity index (χ0n) is 10.4. The van der Waals surface area contributed by atoms with Gasteiger partial charge in [-0.3, -0.25) is 4.79 Å². The second-order valence-electron chi connectivity index (χ2n) is 4.46. The minimum atomic E-state index is 0.183. The normalized spacial score (nSPS) is 21.6. The van der Waals surface area contributed by atoms with Crippen molar-refractivity contribution in [1.82, 2.24) is 4.90 Å². The van der Waals surface area contributed by atoms with E-state index in [0.29, 0.717) is 6.04 Å². The molecule has 1 heterocycles. The first-order valence-corrected chi connectivity index (χ1v) is 6.29. The minimum Gasteiger partial charge on any atom is -0.396 e.